The lowest BCUT2D eigenvalue weighted by atomic mass is 10.0. The van der Waals surface area contributed by atoms with Crippen LogP contribution in [0.3, 0.4) is 0 Å². The minimum atomic E-state index is 0.111. The molecule has 1 aliphatic rings. The zero-order chi connectivity index (χ0) is 14.0. The minimum Gasteiger partial charge on any atom is -0.454 e. The molecule has 0 aliphatic carbocycles. The van der Waals surface area contributed by atoms with Crippen molar-refractivity contribution in [2.24, 2.45) is 0 Å². The molecular weight excluding hydrogens is 264 g/mol. The van der Waals surface area contributed by atoms with Crippen molar-refractivity contribution in [3.05, 3.63) is 22.7 Å². The summed E-state index contributed by atoms with van der Waals surface area (Å²) in [7, 11) is 4.16. The Labute approximate surface area is 119 Å². The van der Waals surface area contributed by atoms with Crippen LogP contribution in [-0.2, 0) is 6.54 Å². The number of halogens is 1. The van der Waals surface area contributed by atoms with Crippen molar-refractivity contribution in [2.75, 3.05) is 27.4 Å². The molecule has 106 valence electrons. The second-order valence-electron chi connectivity index (χ2n) is 5.62. The average molecular weight is 285 g/mol. The number of hydrogen-bond donors (Lipinski definition) is 1. The topological polar surface area (TPSA) is 33.7 Å². The molecule has 19 heavy (non-hydrogen) atoms. The molecule has 0 bridgehead atoms. The molecule has 0 spiro atoms. The Balaban J connectivity index is 1.96. The van der Waals surface area contributed by atoms with Crippen LogP contribution >= 0.6 is 11.6 Å². The standard InChI is InChI=1S/C14H21ClN2O2/c1-14(2,17(3)4)8-16-7-10-5-11(15)13-12(6-10)18-9-19-13/h5-6,16H,7-9H2,1-4H3. The van der Waals surface area contributed by atoms with Crippen LogP contribution in [-0.4, -0.2) is 37.9 Å². The third kappa shape index (κ3) is 3.32. The maximum absolute atomic E-state index is 6.15. The number of ether oxygens (including phenoxy) is 2. The molecule has 1 aromatic rings. The Morgan fingerprint density at radius 2 is 2.05 bits per heavy atom. The number of rotatable bonds is 5. The van der Waals surface area contributed by atoms with E-state index in [1.165, 1.54) is 0 Å². The van der Waals surface area contributed by atoms with Gasteiger partial charge >= 0.3 is 0 Å². The zero-order valence-corrected chi connectivity index (χ0v) is 12.7. The van der Waals surface area contributed by atoms with Crippen molar-refractivity contribution in [3.8, 4) is 11.5 Å². The molecule has 1 heterocycles. The van der Waals surface area contributed by atoms with Gasteiger partial charge in [-0.3, -0.25) is 0 Å². The van der Waals surface area contributed by atoms with Gasteiger partial charge in [0.25, 0.3) is 0 Å². The largest absolute Gasteiger partial charge is 0.454 e. The highest BCUT2D eigenvalue weighted by molar-refractivity contribution is 6.32. The summed E-state index contributed by atoms with van der Waals surface area (Å²) in [5.74, 6) is 1.38. The van der Waals surface area contributed by atoms with Crippen LogP contribution in [0.25, 0.3) is 0 Å². The van der Waals surface area contributed by atoms with E-state index in [9.17, 15) is 0 Å². The lowest BCUT2D eigenvalue weighted by molar-refractivity contribution is 0.174. The maximum atomic E-state index is 6.15. The van der Waals surface area contributed by atoms with Crippen LogP contribution in [0.1, 0.15) is 19.4 Å². The molecule has 0 atom stereocenters. The molecule has 4 nitrogen and oxygen atoms in total. The van der Waals surface area contributed by atoms with Crippen molar-refractivity contribution < 1.29 is 9.47 Å². The van der Waals surface area contributed by atoms with Crippen molar-refractivity contribution in [1.82, 2.24) is 10.2 Å². The molecule has 5 heteroatoms. The van der Waals surface area contributed by atoms with Crippen molar-refractivity contribution >= 4 is 11.6 Å². The summed E-state index contributed by atoms with van der Waals surface area (Å²) in [4.78, 5) is 2.20. The third-order valence-electron chi connectivity index (χ3n) is 3.58. The first-order chi connectivity index (χ1) is 8.90. The van der Waals surface area contributed by atoms with Crippen LogP contribution in [0.15, 0.2) is 12.1 Å². The highest BCUT2D eigenvalue weighted by atomic mass is 35.5. The van der Waals surface area contributed by atoms with Crippen molar-refractivity contribution in [2.45, 2.75) is 25.9 Å². The van der Waals surface area contributed by atoms with Gasteiger partial charge in [0.1, 0.15) is 0 Å². The molecule has 0 fully saturated rings. The van der Waals surface area contributed by atoms with E-state index in [0.717, 1.165) is 24.4 Å². The Morgan fingerprint density at radius 3 is 2.74 bits per heavy atom. The minimum absolute atomic E-state index is 0.111. The SMILES string of the molecule is CN(C)C(C)(C)CNCc1cc(Cl)c2c(c1)OCO2. The fourth-order valence-electron chi connectivity index (χ4n) is 1.79. The molecular formula is C14H21ClN2O2. The van der Waals surface area contributed by atoms with E-state index in [1.54, 1.807) is 0 Å². The Bertz CT molecular complexity index is 461. The van der Waals surface area contributed by atoms with Crippen LogP contribution in [0.5, 0.6) is 11.5 Å². The second-order valence-corrected chi connectivity index (χ2v) is 6.03. The number of likely N-dealkylation sites (N-methyl/N-ethyl adjacent to an activating group) is 1. The molecule has 0 saturated heterocycles. The highest BCUT2D eigenvalue weighted by Gasteiger charge is 2.21. The predicted octanol–water partition coefficient (Wildman–Crippen LogP) is 2.50. The van der Waals surface area contributed by atoms with Gasteiger partial charge in [-0.25, -0.2) is 0 Å². The molecule has 1 N–H and O–H groups in total. The van der Waals surface area contributed by atoms with E-state index < -0.39 is 0 Å². The lowest BCUT2D eigenvalue weighted by Gasteiger charge is -2.32. The van der Waals surface area contributed by atoms with E-state index in [1.807, 2.05) is 12.1 Å². The van der Waals surface area contributed by atoms with E-state index in [4.69, 9.17) is 21.1 Å². The van der Waals surface area contributed by atoms with E-state index in [-0.39, 0.29) is 12.3 Å². The van der Waals surface area contributed by atoms with E-state index in [2.05, 4.69) is 38.2 Å². The van der Waals surface area contributed by atoms with Gasteiger partial charge in [0.05, 0.1) is 5.02 Å². The molecule has 0 aromatic heterocycles. The number of nitrogens with one attached hydrogen (secondary N) is 1. The van der Waals surface area contributed by atoms with Gasteiger partial charge in [0, 0.05) is 18.6 Å². The predicted molar refractivity (Wildman–Crippen MR) is 77.0 cm³/mol. The van der Waals surface area contributed by atoms with Gasteiger partial charge in [-0.05, 0) is 45.6 Å². The molecule has 0 unspecified atom stereocenters. The lowest BCUT2D eigenvalue weighted by Crippen LogP contribution is -2.46. The summed E-state index contributed by atoms with van der Waals surface area (Å²) < 4.78 is 10.7. The summed E-state index contributed by atoms with van der Waals surface area (Å²) in [5.41, 5.74) is 1.21. The third-order valence-corrected chi connectivity index (χ3v) is 3.87. The normalized spacial score (nSPS) is 14.2. The van der Waals surface area contributed by atoms with Crippen LogP contribution in [0, 0.1) is 0 Å². The maximum Gasteiger partial charge on any atom is 0.231 e. The molecule has 0 radical (unpaired) electrons. The average Bonchev–Trinajstić information content (AvgIpc) is 2.77. The molecule has 1 aliphatic heterocycles. The van der Waals surface area contributed by atoms with Crippen molar-refractivity contribution in [1.29, 1.82) is 0 Å². The molecule has 2 rings (SSSR count). The van der Waals surface area contributed by atoms with Gasteiger partial charge in [-0.1, -0.05) is 11.6 Å². The van der Waals surface area contributed by atoms with Crippen LogP contribution in [0.2, 0.25) is 5.02 Å². The fourth-order valence-corrected chi connectivity index (χ4v) is 2.08. The Morgan fingerprint density at radius 1 is 1.32 bits per heavy atom. The van der Waals surface area contributed by atoms with E-state index >= 15 is 0 Å². The van der Waals surface area contributed by atoms with Crippen LogP contribution < -0.4 is 14.8 Å². The summed E-state index contributed by atoms with van der Waals surface area (Å²) in [5, 5.41) is 4.05. The fraction of sp³-hybridized carbons (Fsp3) is 0.571. The Kier molecular flexibility index (Phi) is 4.23. The number of hydrogen-bond acceptors (Lipinski definition) is 4. The zero-order valence-electron chi connectivity index (χ0n) is 11.9. The van der Waals surface area contributed by atoms with Gasteiger partial charge in [-0.15, -0.1) is 0 Å². The first kappa shape index (κ1) is 14.4. The van der Waals surface area contributed by atoms with E-state index in [0.29, 0.717) is 10.8 Å². The second kappa shape index (κ2) is 5.57. The number of fused-ring (bicyclic) bond motifs is 1. The Hall–Kier alpha value is -0.970. The quantitative estimate of drug-likeness (QED) is 0.901. The molecule has 1 aromatic carbocycles. The van der Waals surface area contributed by atoms with Gasteiger partial charge < -0.3 is 19.7 Å². The first-order valence-corrected chi connectivity index (χ1v) is 6.74. The van der Waals surface area contributed by atoms with Gasteiger partial charge in [-0.2, -0.15) is 0 Å². The van der Waals surface area contributed by atoms with Gasteiger partial charge in [0.2, 0.25) is 6.79 Å². The first-order valence-electron chi connectivity index (χ1n) is 6.36. The monoisotopic (exact) mass is 284 g/mol. The summed E-state index contributed by atoms with van der Waals surface area (Å²) in [6, 6.07) is 3.90. The molecule has 0 saturated carbocycles. The number of benzene rings is 1. The highest BCUT2D eigenvalue weighted by Crippen LogP contribution is 2.39. The summed E-state index contributed by atoms with van der Waals surface area (Å²) in [6.45, 7) is 6.30. The molecule has 0 amide bonds. The summed E-state index contributed by atoms with van der Waals surface area (Å²) in [6.07, 6.45) is 0. The summed E-state index contributed by atoms with van der Waals surface area (Å²) >= 11 is 6.15. The van der Waals surface area contributed by atoms with Crippen LogP contribution in [0.4, 0.5) is 0 Å². The van der Waals surface area contributed by atoms with Gasteiger partial charge in [0.15, 0.2) is 11.5 Å². The number of nitrogens with zero attached hydrogens (tertiary/aromatic N) is 1. The smallest absolute Gasteiger partial charge is 0.231 e. The van der Waals surface area contributed by atoms with Crippen molar-refractivity contribution in [3.63, 3.8) is 0 Å².